The van der Waals surface area contributed by atoms with Gasteiger partial charge in [-0.05, 0) is 81.6 Å². The molecule has 9 heteroatoms. The molecular weight excluding hydrogens is 423 g/mol. The van der Waals surface area contributed by atoms with E-state index in [1.54, 1.807) is 39.0 Å². The van der Waals surface area contributed by atoms with Gasteiger partial charge in [-0.2, -0.15) is 0 Å². The van der Waals surface area contributed by atoms with Gasteiger partial charge in [-0.25, -0.2) is 12.8 Å². The number of anilines is 2. The van der Waals surface area contributed by atoms with Crippen LogP contribution in [0.1, 0.15) is 32.8 Å². The van der Waals surface area contributed by atoms with Crippen molar-refractivity contribution >= 4 is 33.3 Å². The van der Waals surface area contributed by atoms with Gasteiger partial charge >= 0.3 is 5.97 Å². The lowest BCUT2D eigenvalue weighted by molar-refractivity contribution is -0.155. The minimum absolute atomic E-state index is 0.0137. The highest BCUT2D eigenvalue weighted by Crippen LogP contribution is 2.33. The smallest absolute Gasteiger partial charge is 0.311 e. The molecule has 2 aromatic rings. The molecule has 1 aliphatic heterocycles. The highest BCUT2D eigenvalue weighted by Gasteiger charge is 2.29. The molecule has 0 fully saturated rings. The fourth-order valence-corrected chi connectivity index (χ4v) is 4.71. The van der Waals surface area contributed by atoms with Crippen LogP contribution in [0, 0.1) is 11.2 Å². The van der Waals surface area contributed by atoms with Crippen molar-refractivity contribution < 1.29 is 27.1 Å². The Balaban J connectivity index is 1.75. The number of benzene rings is 2. The summed E-state index contributed by atoms with van der Waals surface area (Å²) in [6, 6.07) is 9.66. The predicted molar refractivity (Wildman–Crippen MR) is 115 cm³/mol. The normalized spacial score (nSPS) is 14.0. The lowest BCUT2D eigenvalue weighted by Crippen LogP contribution is -2.35. The van der Waals surface area contributed by atoms with E-state index in [1.165, 1.54) is 16.4 Å². The number of hydrogen-bond acceptors (Lipinski definition) is 5. The number of nitrogens with one attached hydrogen (secondary N) is 1. The summed E-state index contributed by atoms with van der Waals surface area (Å²) in [5.74, 6) is -1.47. The number of amides is 1. The maximum absolute atomic E-state index is 13.2. The summed E-state index contributed by atoms with van der Waals surface area (Å²) in [5, 5.41) is 2.66. The Morgan fingerprint density at radius 2 is 1.81 bits per heavy atom. The minimum Gasteiger partial charge on any atom is -0.455 e. The third-order valence-electron chi connectivity index (χ3n) is 4.79. The van der Waals surface area contributed by atoms with E-state index in [2.05, 4.69) is 5.32 Å². The number of carbonyl (C=O) groups is 2. The molecular formula is C22H25FN2O5S. The molecule has 31 heavy (non-hydrogen) atoms. The summed E-state index contributed by atoms with van der Waals surface area (Å²) in [4.78, 5) is 23.9. The van der Waals surface area contributed by atoms with Crippen LogP contribution in [-0.2, 0) is 30.8 Å². The molecule has 166 valence electrons. The first-order chi connectivity index (χ1) is 14.5. The van der Waals surface area contributed by atoms with E-state index in [0.717, 1.165) is 17.7 Å². The third kappa shape index (κ3) is 5.22. The van der Waals surface area contributed by atoms with E-state index < -0.39 is 39.7 Å². The maximum Gasteiger partial charge on any atom is 0.311 e. The molecule has 0 radical (unpaired) electrons. The standard InChI is InChI=1S/C22H25FN2O5S/c1-22(2,3)21(27)30-14-20(26)24-17-8-11-19-15(13-17)5-4-12-25(19)31(28,29)18-9-6-16(23)7-10-18/h6-11,13H,4-5,12,14H2,1-3H3,(H,24,26). The summed E-state index contributed by atoms with van der Waals surface area (Å²) in [5.41, 5.74) is 1.07. The molecule has 0 saturated heterocycles. The van der Waals surface area contributed by atoms with Gasteiger partial charge in [0.15, 0.2) is 6.61 Å². The second-order valence-corrected chi connectivity index (χ2v) is 10.2. The molecule has 1 heterocycles. The van der Waals surface area contributed by atoms with Gasteiger partial charge in [0.2, 0.25) is 0 Å². The van der Waals surface area contributed by atoms with Gasteiger partial charge in [-0.1, -0.05) is 0 Å². The van der Waals surface area contributed by atoms with Crippen LogP contribution in [0.4, 0.5) is 15.8 Å². The topological polar surface area (TPSA) is 92.8 Å². The van der Waals surface area contributed by atoms with Crippen LogP contribution in [0.3, 0.4) is 0 Å². The first kappa shape index (κ1) is 22.7. The highest BCUT2D eigenvalue weighted by atomic mass is 32.2. The van der Waals surface area contributed by atoms with Crippen molar-refractivity contribution in [2.45, 2.75) is 38.5 Å². The summed E-state index contributed by atoms with van der Waals surface area (Å²) in [6.45, 7) is 4.99. The van der Waals surface area contributed by atoms with Crippen LogP contribution in [0.15, 0.2) is 47.4 Å². The van der Waals surface area contributed by atoms with Crippen molar-refractivity contribution in [3.05, 3.63) is 53.8 Å². The molecule has 1 amide bonds. The Kier molecular flexibility index (Phi) is 6.35. The molecule has 0 saturated carbocycles. The zero-order valence-electron chi connectivity index (χ0n) is 17.6. The Morgan fingerprint density at radius 3 is 2.45 bits per heavy atom. The zero-order valence-corrected chi connectivity index (χ0v) is 18.5. The number of esters is 1. The number of hydrogen-bond donors (Lipinski definition) is 1. The minimum atomic E-state index is -3.84. The maximum atomic E-state index is 13.2. The SMILES string of the molecule is CC(C)(C)C(=O)OCC(=O)Nc1ccc2c(c1)CCCN2S(=O)(=O)c1ccc(F)cc1. The molecule has 2 aromatic carbocycles. The van der Waals surface area contributed by atoms with E-state index in [1.807, 2.05) is 0 Å². The molecule has 0 aliphatic carbocycles. The Labute approximate surface area is 181 Å². The number of aryl methyl sites for hydroxylation is 1. The number of rotatable bonds is 5. The van der Waals surface area contributed by atoms with Crippen molar-refractivity contribution in [2.75, 3.05) is 22.8 Å². The third-order valence-corrected chi connectivity index (χ3v) is 6.62. The van der Waals surface area contributed by atoms with Gasteiger partial charge in [-0.15, -0.1) is 0 Å². The summed E-state index contributed by atoms with van der Waals surface area (Å²) in [7, 11) is -3.84. The molecule has 0 atom stereocenters. The molecule has 7 nitrogen and oxygen atoms in total. The molecule has 1 N–H and O–H groups in total. The van der Waals surface area contributed by atoms with Gasteiger partial charge in [0.1, 0.15) is 5.82 Å². The van der Waals surface area contributed by atoms with E-state index in [0.29, 0.717) is 30.8 Å². The molecule has 0 bridgehead atoms. The lowest BCUT2D eigenvalue weighted by atomic mass is 9.97. The second kappa shape index (κ2) is 8.66. The number of sulfonamides is 1. The summed E-state index contributed by atoms with van der Waals surface area (Å²) in [6.07, 6.45) is 1.25. The molecule has 1 aliphatic rings. The average molecular weight is 449 g/mol. The van der Waals surface area contributed by atoms with Crippen LogP contribution in [0.25, 0.3) is 0 Å². The first-order valence-electron chi connectivity index (χ1n) is 9.87. The van der Waals surface area contributed by atoms with Gasteiger partial charge in [-0.3, -0.25) is 13.9 Å². The number of ether oxygens (including phenoxy) is 1. The first-order valence-corrected chi connectivity index (χ1v) is 11.3. The largest absolute Gasteiger partial charge is 0.455 e. The Bertz CT molecular complexity index is 1090. The van der Waals surface area contributed by atoms with Crippen LogP contribution >= 0.6 is 0 Å². The van der Waals surface area contributed by atoms with Gasteiger partial charge in [0, 0.05) is 12.2 Å². The predicted octanol–water partition coefficient (Wildman–Crippen LogP) is 3.50. The number of fused-ring (bicyclic) bond motifs is 1. The summed E-state index contributed by atoms with van der Waals surface area (Å²) >= 11 is 0. The number of nitrogens with zero attached hydrogens (tertiary/aromatic N) is 1. The fourth-order valence-electron chi connectivity index (χ4n) is 3.17. The van der Waals surface area contributed by atoms with E-state index in [4.69, 9.17) is 4.74 Å². The molecule has 3 rings (SSSR count). The lowest BCUT2D eigenvalue weighted by Gasteiger charge is -2.31. The molecule has 0 aromatic heterocycles. The van der Waals surface area contributed by atoms with E-state index >= 15 is 0 Å². The van der Waals surface area contributed by atoms with Crippen molar-refractivity contribution in [3.8, 4) is 0 Å². The van der Waals surface area contributed by atoms with Crippen molar-refractivity contribution in [3.63, 3.8) is 0 Å². The highest BCUT2D eigenvalue weighted by molar-refractivity contribution is 7.92. The van der Waals surface area contributed by atoms with Crippen molar-refractivity contribution in [1.29, 1.82) is 0 Å². The summed E-state index contributed by atoms with van der Waals surface area (Å²) < 4.78 is 45.6. The van der Waals surface area contributed by atoms with E-state index in [9.17, 15) is 22.4 Å². The van der Waals surface area contributed by atoms with Crippen molar-refractivity contribution in [2.24, 2.45) is 5.41 Å². The van der Waals surface area contributed by atoms with Gasteiger partial charge in [0.25, 0.3) is 15.9 Å². The Hall–Kier alpha value is -2.94. The number of carbonyl (C=O) groups excluding carboxylic acids is 2. The number of halogens is 1. The fraction of sp³-hybridized carbons (Fsp3) is 0.364. The monoisotopic (exact) mass is 448 g/mol. The van der Waals surface area contributed by atoms with Crippen molar-refractivity contribution in [1.82, 2.24) is 0 Å². The van der Waals surface area contributed by atoms with Gasteiger partial charge in [0.05, 0.1) is 16.0 Å². The van der Waals surface area contributed by atoms with Crippen LogP contribution in [0.5, 0.6) is 0 Å². The molecule has 0 unspecified atom stereocenters. The average Bonchev–Trinajstić information content (AvgIpc) is 2.71. The Morgan fingerprint density at radius 1 is 1.13 bits per heavy atom. The second-order valence-electron chi connectivity index (χ2n) is 8.35. The van der Waals surface area contributed by atoms with Crippen LogP contribution < -0.4 is 9.62 Å². The van der Waals surface area contributed by atoms with Crippen LogP contribution in [-0.4, -0.2) is 33.4 Å². The molecule has 0 spiro atoms. The van der Waals surface area contributed by atoms with E-state index in [-0.39, 0.29) is 4.90 Å². The van der Waals surface area contributed by atoms with Gasteiger partial charge < -0.3 is 10.1 Å². The zero-order chi connectivity index (χ0) is 22.8. The quantitative estimate of drug-likeness (QED) is 0.707. The van der Waals surface area contributed by atoms with Crippen LogP contribution in [0.2, 0.25) is 0 Å².